The zero-order valence-electron chi connectivity index (χ0n) is 8.48. The van der Waals surface area contributed by atoms with Gasteiger partial charge in [0.15, 0.2) is 0 Å². The van der Waals surface area contributed by atoms with Gasteiger partial charge in [-0.1, -0.05) is 11.6 Å². The van der Waals surface area contributed by atoms with Gasteiger partial charge in [-0.15, -0.1) is 0 Å². The number of non-ortho nitro benzene ring substituents is 1. The van der Waals surface area contributed by atoms with Crippen molar-refractivity contribution in [1.82, 2.24) is 5.32 Å². The van der Waals surface area contributed by atoms with Crippen molar-refractivity contribution in [2.75, 3.05) is 13.1 Å². The van der Waals surface area contributed by atoms with Crippen LogP contribution in [0.25, 0.3) is 0 Å². The number of nitro benzene ring substituents is 1. The van der Waals surface area contributed by atoms with Gasteiger partial charge in [-0.05, 0) is 19.0 Å². The van der Waals surface area contributed by atoms with Crippen molar-refractivity contribution < 1.29 is 9.66 Å². The predicted molar refractivity (Wildman–Crippen MR) is 60.0 cm³/mol. The number of nitro groups is 1. The lowest BCUT2D eigenvalue weighted by molar-refractivity contribution is -0.384. The average molecular weight is 243 g/mol. The highest BCUT2D eigenvalue weighted by atomic mass is 35.5. The summed E-state index contributed by atoms with van der Waals surface area (Å²) in [4.78, 5) is 10.1. The summed E-state index contributed by atoms with van der Waals surface area (Å²) >= 11 is 5.91. The molecule has 0 aromatic heterocycles. The van der Waals surface area contributed by atoms with Crippen LogP contribution in [0.3, 0.4) is 0 Å². The molecule has 0 aliphatic carbocycles. The molecule has 1 fully saturated rings. The molecule has 1 aliphatic heterocycles. The molecule has 1 atom stereocenters. The van der Waals surface area contributed by atoms with Crippen LogP contribution >= 0.6 is 11.6 Å². The van der Waals surface area contributed by atoms with Gasteiger partial charge in [-0.3, -0.25) is 10.1 Å². The SMILES string of the molecule is O=[N+]([O-])c1ccc(Cl)c(OC2CCNC2)c1. The molecule has 1 N–H and O–H groups in total. The van der Waals surface area contributed by atoms with Crippen molar-refractivity contribution in [2.24, 2.45) is 0 Å². The van der Waals surface area contributed by atoms with E-state index in [0.717, 1.165) is 19.5 Å². The second-order valence-corrected chi connectivity index (χ2v) is 4.01. The molecule has 86 valence electrons. The summed E-state index contributed by atoms with van der Waals surface area (Å²) in [6.07, 6.45) is 0.929. The Morgan fingerprint density at radius 2 is 2.38 bits per heavy atom. The van der Waals surface area contributed by atoms with Gasteiger partial charge in [0.2, 0.25) is 0 Å². The Morgan fingerprint density at radius 3 is 3.00 bits per heavy atom. The van der Waals surface area contributed by atoms with Gasteiger partial charge in [0, 0.05) is 12.6 Å². The van der Waals surface area contributed by atoms with Crippen LogP contribution in [0.15, 0.2) is 18.2 Å². The fourth-order valence-corrected chi connectivity index (χ4v) is 1.77. The van der Waals surface area contributed by atoms with Crippen LogP contribution in [-0.2, 0) is 0 Å². The van der Waals surface area contributed by atoms with Gasteiger partial charge >= 0.3 is 0 Å². The zero-order chi connectivity index (χ0) is 11.5. The minimum atomic E-state index is -0.462. The topological polar surface area (TPSA) is 64.4 Å². The Bertz CT molecular complexity index is 405. The van der Waals surface area contributed by atoms with Crippen LogP contribution in [-0.4, -0.2) is 24.1 Å². The summed E-state index contributed by atoms with van der Waals surface area (Å²) < 4.78 is 5.60. The molecule has 5 nitrogen and oxygen atoms in total. The molecule has 1 aromatic rings. The van der Waals surface area contributed by atoms with E-state index in [-0.39, 0.29) is 11.8 Å². The van der Waals surface area contributed by atoms with Crippen LogP contribution < -0.4 is 10.1 Å². The summed E-state index contributed by atoms with van der Waals surface area (Å²) in [5.41, 5.74) is -0.00893. The van der Waals surface area contributed by atoms with E-state index in [1.165, 1.54) is 18.2 Å². The second-order valence-electron chi connectivity index (χ2n) is 3.60. The first kappa shape index (κ1) is 11.2. The molecule has 0 saturated carbocycles. The molecule has 1 aromatic carbocycles. The van der Waals surface area contributed by atoms with E-state index in [4.69, 9.17) is 16.3 Å². The number of halogens is 1. The van der Waals surface area contributed by atoms with Crippen LogP contribution in [0.2, 0.25) is 5.02 Å². The first-order chi connectivity index (χ1) is 7.66. The number of benzene rings is 1. The summed E-state index contributed by atoms with van der Waals surface area (Å²) in [7, 11) is 0. The standard InChI is InChI=1S/C10H11ClN2O3/c11-9-2-1-7(13(14)15)5-10(9)16-8-3-4-12-6-8/h1-2,5,8,12H,3-4,6H2. The van der Waals surface area contributed by atoms with Gasteiger partial charge in [-0.2, -0.15) is 0 Å². The Morgan fingerprint density at radius 1 is 1.56 bits per heavy atom. The molecule has 1 unspecified atom stereocenters. The highest BCUT2D eigenvalue weighted by molar-refractivity contribution is 6.32. The summed E-state index contributed by atoms with van der Waals surface area (Å²) in [5, 5.41) is 14.1. The van der Waals surface area contributed by atoms with E-state index in [9.17, 15) is 10.1 Å². The molecule has 0 amide bonds. The first-order valence-corrected chi connectivity index (χ1v) is 5.36. The van der Waals surface area contributed by atoms with Gasteiger partial charge < -0.3 is 10.1 Å². The third kappa shape index (κ3) is 2.43. The highest BCUT2D eigenvalue weighted by Gasteiger charge is 2.18. The first-order valence-electron chi connectivity index (χ1n) is 4.98. The summed E-state index contributed by atoms with van der Waals surface area (Å²) in [6.45, 7) is 1.65. The molecule has 1 saturated heterocycles. The van der Waals surface area contributed by atoms with Crippen molar-refractivity contribution in [2.45, 2.75) is 12.5 Å². The van der Waals surface area contributed by atoms with E-state index in [1.54, 1.807) is 0 Å². The second kappa shape index (κ2) is 4.67. The predicted octanol–water partition coefficient (Wildman–Crippen LogP) is 1.99. The van der Waals surface area contributed by atoms with Gasteiger partial charge in [-0.25, -0.2) is 0 Å². The lowest BCUT2D eigenvalue weighted by Gasteiger charge is -2.13. The maximum absolute atomic E-state index is 10.6. The molecule has 1 aliphatic rings. The molecule has 6 heteroatoms. The van der Waals surface area contributed by atoms with E-state index >= 15 is 0 Å². The quantitative estimate of drug-likeness (QED) is 0.650. The molecule has 0 radical (unpaired) electrons. The Balaban J connectivity index is 2.17. The lowest BCUT2D eigenvalue weighted by atomic mass is 10.3. The van der Waals surface area contributed by atoms with Gasteiger partial charge in [0.05, 0.1) is 16.0 Å². The van der Waals surface area contributed by atoms with Crippen molar-refractivity contribution in [1.29, 1.82) is 0 Å². The van der Waals surface area contributed by atoms with Crippen molar-refractivity contribution in [3.8, 4) is 5.75 Å². The largest absolute Gasteiger partial charge is 0.487 e. The number of hydrogen-bond acceptors (Lipinski definition) is 4. The van der Waals surface area contributed by atoms with Crippen molar-refractivity contribution in [3.05, 3.63) is 33.3 Å². The zero-order valence-corrected chi connectivity index (χ0v) is 9.24. The molecular weight excluding hydrogens is 232 g/mol. The molecule has 2 rings (SSSR count). The minimum absolute atomic E-state index is 0.00893. The summed E-state index contributed by atoms with van der Waals surface area (Å²) in [6, 6.07) is 4.21. The number of hydrogen-bond donors (Lipinski definition) is 1. The molecule has 1 heterocycles. The average Bonchev–Trinajstić information content (AvgIpc) is 2.73. The fourth-order valence-electron chi connectivity index (χ4n) is 1.60. The molecule has 16 heavy (non-hydrogen) atoms. The lowest BCUT2D eigenvalue weighted by Crippen LogP contribution is -2.19. The van der Waals surface area contributed by atoms with Crippen LogP contribution in [0.4, 0.5) is 5.69 Å². The Kier molecular flexibility index (Phi) is 3.26. The van der Waals surface area contributed by atoms with Crippen molar-refractivity contribution >= 4 is 17.3 Å². The monoisotopic (exact) mass is 242 g/mol. The number of rotatable bonds is 3. The van der Waals surface area contributed by atoms with Gasteiger partial charge in [0.25, 0.3) is 5.69 Å². The Labute approximate surface area is 97.5 Å². The highest BCUT2D eigenvalue weighted by Crippen LogP contribution is 2.30. The fraction of sp³-hybridized carbons (Fsp3) is 0.400. The maximum atomic E-state index is 10.6. The normalized spacial score (nSPS) is 19.7. The summed E-state index contributed by atoms with van der Waals surface area (Å²) in [5.74, 6) is 0.379. The van der Waals surface area contributed by atoms with Crippen LogP contribution in [0, 0.1) is 10.1 Å². The van der Waals surface area contributed by atoms with E-state index in [1.807, 2.05) is 0 Å². The van der Waals surface area contributed by atoms with Crippen LogP contribution in [0.1, 0.15) is 6.42 Å². The molecule has 0 bridgehead atoms. The number of ether oxygens (including phenoxy) is 1. The molecule has 0 spiro atoms. The van der Waals surface area contributed by atoms with Crippen molar-refractivity contribution in [3.63, 3.8) is 0 Å². The van der Waals surface area contributed by atoms with Gasteiger partial charge in [0.1, 0.15) is 11.9 Å². The van der Waals surface area contributed by atoms with Crippen LogP contribution in [0.5, 0.6) is 5.75 Å². The minimum Gasteiger partial charge on any atom is -0.487 e. The number of nitrogens with zero attached hydrogens (tertiary/aromatic N) is 1. The van der Waals surface area contributed by atoms with E-state index in [2.05, 4.69) is 5.32 Å². The smallest absolute Gasteiger partial charge is 0.273 e. The van der Waals surface area contributed by atoms with E-state index in [0.29, 0.717) is 10.8 Å². The maximum Gasteiger partial charge on any atom is 0.273 e. The molecular formula is C10H11ClN2O3. The van der Waals surface area contributed by atoms with E-state index < -0.39 is 4.92 Å². The Hall–Kier alpha value is -1.33. The third-order valence-electron chi connectivity index (χ3n) is 2.43. The third-order valence-corrected chi connectivity index (χ3v) is 2.75. The number of nitrogens with one attached hydrogen (secondary N) is 1.